The number of benzene rings is 1. The fourth-order valence-corrected chi connectivity index (χ4v) is 2.00. The molecule has 0 radical (unpaired) electrons. The van der Waals surface area contributed by atoms with Crippen LogP contribution in [0.4, 0.5) is 8.78 Å². The minimum atomic E-state index is -0.824. The molecular formula is C15H16F2N2. The average molecular weight is 262 g/mol. The summed E-state index contributed by atoms with van der Waals surface area (Å²) in [5, 5.41) is 3.24. The van der Waals surface area contributed by atoms with E-state index in [4.69, 9.17) is 0 Å². The van der Waals surface area contributed by atoms with E-state index >= 15 is 0 Å². The van der Waals surface area contributed by atoms with Gasteiger partial charge in [-0.15, -0.1) is 0 Å². The Hall–Kier alpha value is -1.81. The number of pyridine rings is 1. The zero-order valence-electron chi connectivity index (χ0n) is 10.7. The van der Waals surface area contributed by atoms with Crippen LogP contribution in [0.5, 0.6) is 0 Å². The highest BCUT2D eigenvalue weighted by molar-refractivity contribution is 5.32. The molecule has 0 aliphatic rings. The highest BCUT2D eigenvalue weighted by Crippen LogP contribution is 2.25. The van der Waals surface area contributed by atoms with Crippen LogP contribution >= 0.6 is 0 Å². The summed E-state index contributed by atoms with van der Waals surface area (Å²) in [6.45, 7) is 2.75. The number of halogens is 2. The van der Waals surface area contributed by atoms with Gasteiger partial charge in [-0.3, -0.25) is 4.98 Å². The molecule has 1 atom stereocenters. The van der Waals surface area contributed by atoms with Crippen LogP contribution in [0.3, 0.4) is 0 Å². The molecule has 1 aromatic heterocycles. The summed E-state index contributed by atoms with van der Waals surface area (Å²) in [6.07, 6.45) is 4.21. The van der Waals surface area contributed by atoms with E-state index < -0.39 is 11.6 Å². The van der Waals surface area contributed by atoms with Crippen LogP contribution in [0.25, 0.3) is 0 Å². The van der Waals surface area contributed by atoms with Gasteiger partial charge in [-0.05, 0) is 36.7 Å². The number of aromatic nitrogens is 1. The summed E-state index contributed by atoms with van der Waals surface area (Å²) in [5.74, 6) is -1.62. The number of rotatable bonds is 5. The molecule has 1 heterocycles. The van der Waals surface area contributed by atoms with Gasteiger partial charge in [0.15, 0.2) is 11.6 Å². The average Bonchev–Trinajstić information content (AvgIpc) is 2.45. The topological polar surface area (TPSA) is 24.9 Å². The van der Waals surface area contributed by atoms with Gasteiger partial charge in [-0.1, -0.05) is 19.1 Å². The van der Waals surface area contributed by atoms with Crippen molar-refractivity contribution in [3.8, 4) is 0 Å². The second-order valence-electron chi connectivity index (χ2n) is 4.31. The first-order chi connectivity index (χ1) is 9.24. The molecular weight excluding hydrogens is 246 g/mol. The Balaban J connectivity index is 2.40. The lowest BCUT2D eigenvalue weighted by molar-refractivity contribution is 0.480. The minimum absolute atomic E-state index is 0.319. The van der Waals surface area contributed by atoms with Crippen molar-refractivity contribution in [1.82, 2.24) is 10.3 Å². The second kappa shape index (κ2) is 6.38. The van der Waals surface area contributed by atoms with E-state index in [-0.39, 0.29) is 6.04 Å². The second-order valence-corrected chi connectivity index (χ2v) is 4.31. The van der Waals surface area contributed by atoms with Gasteiger partial charge < -0.3 is 5.32 Å². The molecule has 0 aliphatic carbocycles. The van der Waals surface area contributed by atoms with Crippen LogP contribution in [-0.4, -0.2) is 11.5 Å². The van der Waals surface area contributed by atoms with Crippen molar-refractivity contribution in [2.75, 3.05) is 6.54 Å². The standard InChI is InChI=1S/C15H16F2N2/c1-2-8-19-15(11-6-9-18-10-7-11)12-4-3-5-13(16)14(12)17/h3-7,9-10,15,19H,2,8H2,1H3. The molecule has 0 saturated carbocycles. The molecule has 0 aliphatic heterocycles. The van der Waals surface area contributed by atoms with Gasteiger partial charge >= 0.3 is 0 Å². The molecule has 0 amide bonds. The van der Waals surface area contributed by atoms with Crippen molar-refractivity contribution in [1.29, 1.82) is 0 Å². The molecule has 1 N–H and O–H groups in total. The molecule has 100 valence electrons. The van der Waals surface area contributed by atoms with Gasteiger partial charge in [0.05, 0.1) is 6.04 Å². The van der Waals surface area contributed by atoms with Crippen molar-refractivity contribution in [3.05, 3.63) is 65.5 Å². The zero-order chi connectivity index (χ0) is 13.7. The van der Waals surface area contributed by atoms with Crippen LogP contribution in [-0.2, 0) is 0 Å². The normalized spacial score (nSPS) is 12.4. The van der Waals surface area contributed by atoms with Gasteiger partial charge in [-0.2, -0.15) is 0 Å². The Morgan fingerprint density at radius 2 is 1.89 bits per heavy atom. The number of nitrogens with zero attached hydrogens (tertiary/aromatic N) is 1. The SMILES string of the molecule is CCCNC(c1ccncc1)c1cccc(F)c1F. The molecule has 2 rings (SSSR count). The first-order valence-corrected chi connectivity index (χ1v) is 6.31. The highest BCUT2D eigenvalue weighted by atomic mass is 19.2. The Kier molecular flexibility index (Phi) is 4.58. The maximum Gasteiger partial charge on any atom is 0.163 e. The van der Waals surface area contributed by atoms with Crippen molar-refractivity contribution in [2.45, 2.75) is 19.4 Å². The molecule has 0 fully saturated rings. The van der Waals surface area contributed by atoms with Gasteiger partial charge in [0.1, 0.15) is 0 Å². The predicted molar refractivity (Wildman–Crippen MR) is 70.7 cm³/mol. The van der Waals surface area contributed by atoms with E-state index in [1.807, 2.05) is 6.92 Å². The molecule has 4 heteroatoms. The first-order valence-electron chi connectivity index (χ1n) is 6.31. The Labute approximate surface area is 111 Å². The third-order valence-electron chi connectivity index (χ3n) is 2.93. The summed E-state index contributed by atoms with van der Waals surface area (Å²) >= 11 is 0. The van der Waals surface area contributed by atoms with Crippen LogP contribution in [0.2, 0.25) is 0 Å². The van der Waals surface area contributed by atoms with Crippen molar-refractivity contribution in [3.63, 3.8) is 0 Å². The third kappa shape index (κ3) is 3.15. The van der Waals surface area contributed by atoms with E-state index in [1.54, 1.807) is 30.6 Å². The lowest BCUT2D eigenvalue weighted by atomic mass is 9.99. The maximum atomic E-state index is 13.9. The van der Waals surface area contributed by atoms with E-state index in [9.17, 15) is 8.78 Å². The fraction of sp³-hybridized carbons (Fsp3) is 0.267. The van der Waals surface area contributed by atoms with Gasteiger partial charge in [0.2, 0.25) is 0 Å². The fourth-order valence-electron chi connectivity index (χ4n) is 2.00. The largest absolute Gasteiger partial charge is 0.306 e. The van der Waals surface area contributed by atoms with Crippen molar-refractivity contribution in [2.24, 2.45) is 0 Å². The van der Waals surface area contributed by atoms with E-state index in [1.165, 1.54) is 6.07 Å². The predicted octanol–water partition coefficient (Wildman–Crippen LogP) is 3.45. The molecule has 0 spiro atoms. The molecule has 0 bridgehead atoms. The summed E-state index contributed by atoms with van der Waals surface area (Å²) in [4.78, 5) is 3.95. The Morgan fingerprint density at radius 1 is 1.16 bits per heavy atom. The van der Waals surface area contributed by atoms with Crippen LogP contribution in [0.1, 0.15) is 30.5 Å². The molecule has 0 saturated heterocycles. The molecule has 2 nitrogen and oxygen atoms in total. The van der Waals surface area contributed by atoms with E-state index in [0.717, 1.165) is 24.6 Å². The zero-order valence-corrected chi connectivity index (χ0v) is 10.7. The lowest BCUT2D eigenvalue weighted by Crippen LogP contribution is -2.24. The van der Waals surface area contributed by atoms with Gasteiger partial charge in [0.25, 0.3) is 0 Å². The highest BCUT2D eigenvalue weighted by Gasteiger charge is 2.19. The third-order valence-corrected chi connectivity index (χ3v) is 2.93. The monoisotopic (exact) mass is 262 g/mol. The lowest BCUT2D eigenvalue weighted by Gasteiger charge is -2.20. The molecule has 1 aromatic carbocycles. The molecule has 19 heavy (non-hydrogen) atoms. The Bertz CT molecular complexity index is 529. The smallest absolute Gasteiger partial charge is 0.163 e. The van der Waals surface area contributed by atoms with E-state index in [2.05, 4.69) is 10.3 Å². The first kappa shape index (κ1) is 13.6. The minimum Gasteiger partial charge on any atom is -0.306 e. The summed E-state index contributed by atoms with van der Waals surface area (Å²) in [5.41, 5.74) is 1.19. The van der Waals surface area contributed by atoms with Crippen LogP contribution in [0, 0.1) is 11.6 Å². The number of nitrogens with one attached hydrogen (secondary N) is 1. The van der Waals surface area contributed by atoms with Gasteiger partial charge in [0, 0.05) is 18.0 Å². The summed E-state index contributed by atoms with van der Waals surface area (Å²) in [7, 11) is 0. The van der Waals surface area contributed by atoms with Crippen molar-refractivity contribution < 1.29 is 8.78 Å². The number of hydrogen-bond donors (Lipinski definition) is 1. The van der Waals surface area contributed by atoms with Gasteiger partial charge in [-0.25, -0.2) is 8.78 Å². The van der Waals surface area contributed by atoms with Crippen LogP contribution < -0.4 is 5.32 Å². The van der Waals surface area contributed by atoms with E-state index in [0.29, 0.717) is 5.56 Å². The Morgan fingerprint density at radius 3 is 2.58 bits per heavy atom. The maximum absolute atomic E-state index is 13.9. The molecule has 1 unspecified atom stereocenters. The summed E-state index contributed by atoms with van der Waals surface area (Å²) in [6, 6.07) is 7.50. The quantitative estimate of drug-likeness (QED) is 0.892. The summed E-state index contributed by atoms with van der Waals surface area (Å²) < 4.78 is 27.3. The van der Waals surface area contributed by atoms with Crippen LogP contribution in [0.15, 0.2) is 42.7 Å². The molecule has 2 aromatic rings. The van der Waals surface area contributed by atoms with Crippen molar-refractivity contribution >= 4 is 0 Å². The number of hydrogen-bond acceptors (Lipinski definition) is 2.